The lowest BCUT2D eigenvalue weighted by Gasteiger charge is -2.22. The number of aromatic nitrogens is 2. The maximum absolute atomic E-state index is 12.4. The Morgan fingerprint density at radius 1 is 1.12 bits per heavy atom. The van der Waals surface area contributed by atoms with Crippen molar-refractivity contribution in [3.05, 3.63) is 47.3 Å². The van der Waals surface area contributed by atoms with Crippen LogP contribution in [0.1, 0.15) is 54.9 Å². The number of hydrogen-bond donors (Lipinski definition) is 1. The van der Waals surface area contributed by atoms with Crippen molar-refractivity contribution in [1.82, 2.24) is 15.3 Å². The van der Waals surface area contributed by atoms with E-state index in [0.717, 1.165) is 37.2 Å². The quantitative estimate of drug-likeness (QED) is 0.733. The van der Waals surface area contributed by atoms with E-state index in [1.807, 2.05) is 24.0 Å². The average Bonchev–Trinajstić information content (AvgIpc) is 2.59. The van der Waals surface area contributed by atoms with E-state index in [2.05, 4.69) is 48.2 Å². The van der Waals surface area contributed by atoms with E-state index in [4.69, 9.17) is 0 Å². The van der Waals surface area contributed by atoms with Crippen LogP contribution in [-0.4, -0.2) is 29.0 Å². The summed E-state index contributed by atoms with van der Waals surface area (Å²) in [6, 6.07) is 9.95. The molecule has 25 heavy (non-hydrogen) atoms. The second kappa shape index (κ2) is 9.16. The summed E-state index contributed by atoms with van der Waals surface area (Å²) >= 11 is 0. The fourth-order valence-electron chi connectivity index (χ4n) is 2.69. The maximum atomic E-state index is 12.4. The molecule has 0 saturated heterocycles. The minimum Gasteiger partial charge on any atom is -0.351 e. The van der Waals surface area contributed by atoms with Gasteiger partial charge >= 0.3 is 0 Å². The van der Waals surface area contributed by atoms with Gasteiger partial charge in [-0.3, -0.25) is 4.79 Å². The van der Waals surface area contributed by atoms with Crippen molar-refractivity contribution in [2.45, 2.75) is 47.0 Å². The summed E-state index contributed by atoms with van der Waals surface area (Å²) in [5.74, 6) is 0.426. The third-order valence-corrected chi connectivity index (χ3v) is 4.01. The first-order valence-corrected chi connectivity index (χ1v) is 9.03. The van der Waals surface area contributed by atoms with Crippen LogP contribution in [0, 0.1) is 13.8 Å². The Morgan fingerprint density at radius 3 is 2.60 bits per heavy atom. The van der Waals surface area contributed by atoms with Crippen molar-refractivity contribution in [3.8, 4) is 0 Å². The van der Waals surface area contributed by atoms with Gasteiger partial charge in [-0.1, -0.05) is 31.9 Å². The van der Waals surface area contributed by atoms with Gasteiger partial charge in [-0.2, -0.15) is 0 Å². The van der Waals surface area contributed by atoms with Crippen molar-refractivity contribution < 1.29 is 4.79 Å². The highest BCUT2D eigenvalue weighted by molar-refractivity contribution is 5.92. The largest absolute Gasteiger partial charge is 0.351 e. The lowest BCUT2D eigenvalue weighted by Crippen LogP contribution is -2.27. The molecule has 134 valence electrons. The van der Waals surface area contributed by atoms with Gasteiger partial charge in [0, 0.05) is 24.5 Å². The molecular formula is C20H28N4O. The van der Waals surface area contributed by atoms with Gasteiger partial charge in [-0.15, -0.1) is 0 Å². The predicted octanol–water partition coefficient (Wildman–Crippen LogP) is 4.17. The van der Waals surface area contributed by atoms with Crippen molar-refractivity contribution in [2.75, 3.05) is 18.0 Å². The summed E-state index contributed by atoms with van der Waals surface area (Å²) in [7, 11) is 0. The van der Waals surface area contributed by atoms with Crippen LogP contribution in [0.15, 0.2) is 30.3 Å². The molecule has 0 spiro atoms. The van der Waals surface area contributed by atoms with E-state index in [0.29, 0.717) is 18.2 Å². The van der Waals surface area contributed by atoms with Crippen LogP contribution in [0.4, 0.5) is 11.6 Å². The minimum absolute atomic E-state index is 0.136. The summed E-state index contributed by atoms with van der Waals surface area (Å²) in [6.07, 6.45) is 3.24. The fourth-order valence-corrected chi connectivity index (χ4v) is 2.69. The summed E-state index contributed by atoms with van der Waals surface area (Å²) in [4.78, 5) is 23.5. The third kappa shape index (κ3) is 5.28. The highest BCUT2D eigenvalue weighted by atomic mass is 16.1. The Kier molecular flexibility index (Phi) is 6.92. The van der Waals surface area contributed by atoms with Crippen LogP contribution in [0.2, 0.25) is 0 Å². The van der Waals surface area contributed by atoms with Crippen molar-refractivity contribution >= 4 is 17.5 Å². The van der Waals surface area contributed by atoms with E-state index in [-0.39, 0.29) is 5.91 Å². The molecule has 0 bridgehead atoms. The standard InChI is InChI=1S/C20H28N4O/c1-5-7-8-12-21-19(25)18-14-16(4)22-20(23-18)24(6-2)17-11-9-10-15(3)13-17/h9-11,13-14H,5-8,12H2,1-4H3,(H,21,25). The molecule has 0 aliphatic carbocycles. The molecule has 0 aliphatic rings. The Balaban J connectivity index is 2.23. The van der Waals surface area contributed by atoms with E-state index in [1.165, 1.54) is 5.56 Å². The Labute approximate surface area is 150 Å². The average molecular weight is 340 g/mol. The van der Waals surface area contributed by atoms with E-state index >= 15 is 0 Å². The molecule has 1 aromatic carbocycles. The van der Waals surface area contributed by atoms with Gasteiger partial charge in [0.1, 0.15) is 5.69 Å². The number of hydrogen-bond acceptors (Lipinski definition) is 4. The van der Waals surface area contributed by atoms with E-state index in [1.54, 1.807) is 6.07 Å². The van der Waals surface area contributed by atoms with Crippen LogP contribution in [-0.2, 0) is 0 Å². The smallest absolute Gasteiger partial charge is 0.270 e. The zero-order valence-electron chi connectivity index (χ0n) is 15.7. The molecule has 0 aliphatic heterocycles. The Hall–Kier alpha value is -2.43. The first-order valence-electron chi connectivity index (χ1n) is 9.03. The SMILES string of the molecule is CCCCCNC(=O)c1cc(C)nc(N(CC)c2cccc(C)c2)n1. The molecule has 0 unspecified atom stereocenters. The van der Waals surface area contributed by atoms with Gasteiger partial charge in [0.05, 0.1) is 0 Å². The number of carbonyl (C=O) groups excluding carboxylic acids is 1. The zero-order valence-corrected chi connectivity index (χ0v) is 15.7. The molecule has 1 aromatic heterocycles. The third-order valence-electron chi connectivity index (χ3n) is 4.01. The molecule has 0 atom stereocenters. The number of amides is 1. The first-order chi connectivity index (χ1) is 12.0. The number of rotatable bonds is 8. The summed E-state index contributed by atoms with van der Waals surface area (Å²) < 4.78 is 0. The molecule has 2 aromatic rings. The highest BCUT2D eigenvalue weighted by Gasteiger charge is 2.15. The van der Waals surface area contributed by atoms with Gasteiger partial charge in [0.15, 0.2) is 0 Å². The number of unbranched alkanes of at least 4 members (excludes halogenated alkanes) is 2. The molecular weight excluding hydrogens is 312 g/mol. The Bertz CT molecular complexity index is 715. The van der Waals surface area contributed by atoms with Crippen molar-refractivity contribution in [1.29, 1.82) is 0 Å². The van der Waals surface area contributed by atoms with Crippen LogP contribution < -0.4 is 10.2 Å². The second-order valence-electron chi connectivity index (χ2n) is 6.24. The molecule has 2 rings (SSSR count). The minimum atomic E-state index is -0.136. The number of aryl methyl sites for hydroxylation is 2. The van der Waals surface area contributed by atoms with Crippen LogP contribution in [0.25, 0.3) is 0 Å². The fraction of sp³-hybridized carbons (Fsp3) is 0.450. The summed E-state index contributed by atoms with van der Waals surface area (Å²) in [6.45, 7) is 9.56. The summed E-state index contributed by atoms with van der Waals surface area (Å²) in [5.41, 5.74) is 3.42. The molecule has 1 N–H and O–H groups in total. The number of nitrogens with one attached hydrogen (secondary N) is 1. The molecule has 1 heterocycles. The maximum Gasteiger partial charge on any atom is 0.270 e. The molecule has 0 saturated carbocycles. The molecule has 1 amide bonds. The lowest BCUT2D eigenvalue weighted by atomic mass is 10.2. The lowest BCUT2D eigenvalue weighted by molar-refractivity contribution is 0.0947. The zero-order chi connectivity index (χ0) is 18.2. The monoisotopic (exact) mass is 340 g/mol. The molecule has 5 heteroatoms. The van der Waals surface area contributed by atoms with Gasteiger partial charge in [-0.25, -0.2) is 9.97 Å². The van der Waals surface area contributed by atoms with Crippen molar-refractivity contribution in [3.63, 3.8) is 0 Å². The van der Waals surface area contributed by atoms with Gasteiger partial charge in [0.2, 0.25) is 5.95 Å². The number of carbonyl (C=O) groups is 1. The normalized spacial score (nSPS) is 10.6. The van der Waals surface area contributed by atoms with Crippen molar-refractivity contribution in [2.24, 2.45) is 0 Å². The number of nitrogens with zero attached hydrogens (tertiary/aromatic N) is 3. The van der Waals surface area contributed by atoms with Crippen LogP contribution in [0.5, 0.6) is 0 Å². The molecule has 0 radical (unpaired) electrons. The van der Waals surface area contributed by atoms with E-state index < -0.39 is 0 Å². The van der Waals surface area contributed by atoms with Crippen LogP contribution in [0.3, 0.4) is 0 Å². The topological polar surface area (TPSA) is 58.1 Å². The van der Waals surface area contributed by atoms with Crippen LogP contribution >= 0.6 is 0 Å². The summed E-state index contributed by atoms with van der Waals surface area (Å²) in [5, 5.41) is 2.95. The number of anilines is 2. The van der Waals surface area contributed by atoms with Gasteiger partial charge < -0.3 is 10.2 Å². The molecule has 0 fully saturated rings. The highest BCUT2D eigenvalue weighted by Crippen LogP contribution is 2.23. The van der Waals surface area contributed by atoms with Gasteiger partial charge in [0.25, 0.3) is 5.91 Å². The predicted molar refractivity (Wildman–Crippen MR) is 102 cm³/mol. The first kappa shape index (κ1) is 18.9. The van der Waals surface area contributed by atoms with E-state index in [9.17, 15) is 4.79 Å². The Morgan fingerprint density at radius 2 is 1.92 bits per heavy atom. The van der Waals surface area contributed by atoms with Gasteiger partial charge in [-0.05, 0) is 51.0 Å². The molecule has 5 nitrogen and oxygen atoms in total. The second-order valence-corrected chi connectivity index (χ2v) is 6.24. The number of benzene rings is 1.